The van der Waals surface area contributed by atoms with Crippen LogP contribution in [0.3, 0.4) is 0 Å². The second-order valence-electron chi connectivity index (χ2n) is 6.34. The Labute approximate surface area is 159 Å². The summed E-state index contributed by atoms with van der Waals surface area (Å²) in [5, 5.41) is -0.289. The van der Waals surface area contributed by atoms with Crippen molar-refractivity contribution in [1.82, 2.24) is 9.97 Å². The molecule has 3 aromatic rings. The highest BCUT2D eigenvalue weighted by Crippen LogP contribution is 2.42. The van der Waals surface area contributed by atoms with Crippen LogP contribution in [0.25, 0.3) is 0 Å². The molecule has 1 fully saturated rings. The molecule has 1 saturated carbocycles. The Hall–Kier alpha value is -2.73. The van der Waals surface area contributed by atoms with Crippen LogP contribution in [0.2, 0.25) is 5.15 Å². The van der Waals surface area contributed by atoms with Crippen LogP contribution in [0.4, 0.5) is 8.78 Å². The average molecular weight is 389 g/mol. The van der Waals surface area contributed by atoms with E-state index in [4.69, 9.17) is 21.1 Å². The summed E-state index contributed by atoms with van der Waals surface area (Å²) in [5.41, 5.74) is 1.53. The highest BCUT2D eigenvalue weighted by Gasteiger charge is 2.24. The van der Waals surface area contributed by atoms with E-state index in [2.05, 4.69) is 9.97 Å². The van der Waals surface area contributed by atoms with Crippen molar-refractivity contribution in [3.05, 3.63) is 70.8 Å². The maximum atomic E-state index is 14.4. The minimum atomic E-state index is -0.772. The van der Waals surface area contributed by atoms with Crippen molar-refractivity contribution in [2.75, 3.05) is 0 Å². The van der Waals surface area contributed by atoms with Crippen LogP contribution in [-0.2, 0) is 0 Å². The summed E-state index contributed by atoms with van der Waals surface area (Å²) in [6.45, 7) is 1.71. The summed E-state index contributed by atoms with van der Waals surface area (Å²) in [6, 6.07) is 6.33. The molecule has 138 valence electrons. The Bertz CT molecular complexity index is 1010. The Morgan fingerprint density at radius 1 is 1.00 bits per heavy atom. The van der Waals surface area contributed by atoms with Gasteiger partial charge in [-0.2, -0.15) is 4.39 Å². The highest BCUT2D eigenvalue weighted by molar-refractivity contribution is 6.29. The van der Waals surface area contributed by atoms with Crippen LogP contribution in [0.1, 0.15) is 29.9 Å². The molecule has 0 bridgehead atoms. The van der Waals surface area contributed by atoms with E-state index in [1.165, 1.54) is 30.7 Å². The second-order valence-corrected chi connectivity index (χ2v) is 6.70. The Morgan fingerprint density at radius 2 is 1.70 bits per heavy atom. The molecule has 0 N–H and O–H groups in total. The van der Waals surface area contributed by atoms with Gasteiger partial charge in [0.15, 0.2) is 34.0 Å². The monoisotopic (exact) mass is 388 g/mol. The van der Waals surface area contributed by atoms with Gasteiger partial charge in [-0.15, -0.1) is 0 Å². The zero-order chi connectivity index (χ0) is 19.0. The number of ether oxygens (including phenoxy) is 2. The first-order valence-corrected chi connectivity index (χ1v) is 8.80. The number of pyridine rings is 2. The SMILES string of the molecule is Cc1c(Oc2ccc(C3CC3)cc2F)cncc1Oc1ccnc(Cl)c1F. The van der Waals surface area contributed by atoms with E-state index < -0.39 is 11.6 Å². The van der Waals surface area contributed by atoms with Gasteiger partial charge in [-0.25, -0.2) is 9.37 Å². The molecule has 27 heavy (non-hydrogen) atoms. The lowest BCUT2D eigenvalue weighted by molar-refractivity contribution is 0.415. The lowest BCUT2D eigenvalue weighted by Gasteiger charge is -2.14. The summed E-state index contributed by atoms with van der Waals surface area (Å²) in [7, 11) is 0. The van der Waals surface area contributed by atoms with E-state index in [0.29, 0.717) is 17.2 Å². The minimum Gasteiger partial charge on any atom is -0.452 e. The van der Waals surface area contributed by atoms with Gasteiger partial charge >= 0.3 is 0 Å². The Balaban J connectivity index is 1.59. The van der Waals surface area contributed by atoms with E-state index >= 15 is 0 Å². The van der Waals surface area contributed by atoms with E-state index in [0.717, 1.165) is 18.4 Å². The third-order valence-corrected chi connectivity index (χ3v) is 4.64. The smallest absolute Gasteiger partial charge is 0.202 e. The predicted molar refractivity (Wildman–Crippen MR) is 96.7 cm³/mol. The molecule has 0 aliphatic heterocycles. The molecule has 1 aliphatic carbocycles. The molecule has 7 heteroatoms. The van der Waals surface area contributed by atoms with Gasteiger partial charge in [0.1, 0.15) is 0 Å². The van der Waals surface area contributed by atoms with Crippen molar-refractivity contribution in [2.45, 2.75) is 25.7 Å². The van der Waals surface area contributed by atoms with Gasteiger partial charge in [0.05, 0.1) is 12.4 Å². The van der Waals surface area contributed by atoms with Gasteiger partial charge in [0, 0.05) is 17.8 Å². The van der Waals surface area contributed by atoms with Gasteiger partial charge in [-0.1, -0.05) is 17.7 Å². The molecular formula is C20H15ClF2N2O2. The molecular weight excluding hydrogens is 374 g/mol. The van der Waals surface area contributed by atoms with Gasteiger partial charge in [-0.05, 0) is 43.4 Å². The van der Waals surface area contributed by atoms with Crippen LogP contribution in [-0.4, -0.2) is 9.97 Å². The van der Waals surface area contributed by atoms with E-state index in [1.807, 2.05) is 6.07 Å². The number of rotatable bonds is 5. The van der Waals surface area contributed by atoms with Gasteiger partial charge in [0.25, 0.3) is 0 Å². The maximum absolute atomic E-state index is 14.4. The van der Waals surface area contributed by atoms with Crippen LogP contribution in [0.15, 0.2) is 42.9 Å². The van der Waals surface area contributed by atoms with E-state index in [-0.39, 0.29) is 22.4 Å². The Kier molecular flexibility index (Phi) is 4.66. The van der Waals surface area contributed by atoms with Crippen LogP contribution in [0.5, 0.6) is 23.0 Å². The van der Waals surface area contributed by atoms with Gasteiger partial charge in [-0.3, -0.25) is 4.98 Å². The molecule has 1 aromatic carbocycles. The molecule has 0 radical (unpaired) electrons. The zero-order valence-electron chi connectivity index (χ0n) is 14.4. The number of halogens is 3. The number of nitrogens with zero attached hydrogens (tertiary/aromatic N) is 2. The third-order valence-electron chi connectivity index (χ3n) is 4.38. The van der Waals surface area contributed by atoms with Crippen molar-refractivity contribution in [2.24, 2.45) is 0 Å². The molecule has 0 atom stereocenters. The fourth-order valence-electron chi connectivity index (χ4n) is 2.68. The van der Waals surface area contributed by atoms with Crippen molar-refractivity contribution in [3.8, 4) is 23.0 Å². The largest absolute Gasteiger partial charge is 0.452 e. The molecule has 0 saturated heterocycles. The number of hydrogen-bond acceptors (Lipinski definition) is 4. The predicted octanol–water partition coefficient (Wildman–Crippen LogP) is 6.18. The summed E-state index contributed by atoms with van der Waals surface area (Å²) < 4.78 is 39.6. The quantitative estimate of drug-likeness (QED) is 0.489. The van der Waals surface area contributed by atoms with Crippen LogP contribution < -0.4 is 9.47 Å². The summed E-state index contributed by atoms with van der Waals surface area (Å²) in [6.07, 6.45) is 6.39. The first-order chi connectivity index (χ1) is 13.0. The third kappa shape index (κ3) is 3.71. The molecule has 4 nitrogen and oxygen atoms in total. The zero-order valence-corrected chi connectivity index (χ0v) is 15.1. The molecule has 2 heterocycles. The molecule has 4 rings (SSSR count). The standard InChI is InChI=1S/C20H15ClF2N2O2/c1-11-17(26-15-5-4-13(8-14(15)22)12-2-3-12)9-24-10-18(11)27-16-6-7-25-20(21)19(16)23/h4-10,12H,2-3H2,1H3. The topological polar surface area (TPSA) is 44.2 Å². The van der Waals surface area contributed by atoms with E-state index in [1.54, 1.807) is 13.0 Å². The minimum absolute atomic E-state index is 0.0861. The van der Waals surface area contributed by atoms with Gasteiger partial charge in [0.2, 0.25) is 5.82 Å². The normalized spacial score (nSPS) is 13.5. The molecule has 0 spiro atoms. The average Bonchev–Trinajstić information content (AvgIpc) is 3.49. The lowest BCUT2D eigenvalue weighted by atomic mass is 10.1. The summed E-state index contributed by atoms with van der Waals surface area (Å²) in [5.74, 6) is -0.161. The van der Waals surface area contributed by atoms with Crippen molar-refractivity contribution in [1.29, 1.82) is 0 Å². The fourth-order valence-corrected chi connectivity index (χ4v) is 2.83. The van der Waals surface area contributed by atoms with Gasteiger partial charge < -0.3 is 9.47 Å². The summed E-state index contributed by atoms with van der Waals surface area (Å²) >= 11 is 5.67. The Morgan fingerprint density at radius 3 is 2.37 bits per heavy atom. The fraction of sp³-hybridized carbons (Fsp3) is 0.200. The molecule has 0 amide bonds. The summed E-state index contributed by atoms with van der Waals surface area (Å²) in [4.78, 5) is 7.67. The number of aromatic nitrogens is 2. The molecule has 2 aromatic heterocycles. The number of benzene rings is 1. The second kappa shape index (κ2) is 7.12. The van der Waals surface area contributed by atoms with Crippen molar-refractivity contribution >= 4 is 11.6 Å². The van der Waals surface area contributed by atoms with E-state index in [9.17, 15) is 8.78 Å². The van der Waals surface area contributed by atoms with Crippen molar-refractivity contribution < 1.29 is 18.3 Å². The molecule has 0 unspecified atom stereocenters. The molecule has 1 aliphatic rings. The van der Waals surface area contributed by atoms with Crippen LogP contribution in [0, 0.1) is 18.6 Å². The first-order valence-electron chi connectivity index (χ1n) is 8.42. The lowest BCUT2D eigenvalue weighted by Crippen LogP contribution is -1.97. The number of hydrogen-bond donors (Lipinski definition) is 0. The maximum Gasteiger partial charge on any atom is 0.202 e. The first kappa shape index (κ1) is 17.7. The highest BCUT2D eigenvalue weighted by atomic mass is 35.5. The van der Waals surface area contributed by atoms with Crippen LogP contribution >= 0.6 is 11.6 Å². The van der Waals surface area contributed by atoms with Crippen molar-refractivity contribution in [3.63, 3.8) is 0 Å².